The molecular formula is C25H39N3O2. The van der Waals surface area contributed by atoms with Gasteiger partial charge in [-0.25, -0.2) is 0 Å². The Morgan fingerprint density at radius 2 is 1.73 bits per heavy atom. The second kappa shape index (κ2) is 10.3. The molecule has 1 aromatic carbocycles. The van der Waals surface area contributed by atoms with Crippen LogP contribution in [0, 0.1) is 5.92 Å². The molecule has 2 aliphatic heterocycles. The number of benzene rings is 1. The molecule has 2 saturated heterocycles. The van der Waals surface area contributed by atoms with Crippen molar-refractivity contribution in [1.29, 1.82) is 0 Å². The molecule has 0 saturated carbocycles. The average Bonchev–Trinajstić information content (AvgIpc) is 3.21. The molecule has 1 aliphatic carbocycles. The standard InChI is InChI=1S/C25H39N3O2/c1-19(2)30-15-11-26-25(29)22-8-5-12-28(18-22)23-9-13-27(14-10-23)24-16-20-6-3-4-7-21(20)17-24/h3-4,6-7,19,22-24H,5,8-18H2,1-2H3,(H,26,29)/t22-/m1/s1. The molecular weight excluding hydrogens is 374 g/mol. The van der Waals surface area contributed by atoms with Gasteiger partial charge in [0, 0.05) is 25.2 Å². The van der Waals surface area contributed by atoms with Gasteiger partial charge in [0.1, 0.15) is 0 Å². The van der Waals surface area contributed by atoms with E-state index in [1.54, 1.807) is 11.1 Å². The predicted molar refractivity (Wildman–Crippen MR) is 121 cm³/mol. The third kappa shape index (κ3) is 5.43. The zero-order valence-electron chi connectivity index (χ0n) is 18.8. The molecule has 2 heterocycles. The maximum absolute atomic E-state index is 12.6. The van der Waals surface area contributed by atoms with E-state index >= 15 is 0 Å². The van der Waals surface area contributed by atoms with Crippen LogP contribution < -0.4 is 5.32 Å². The lowest BCUT2D eigenvalue weighted by molar-refractivity contribution is -0.127. The van der Waals surface area contributed by atoms with Gasteiger partial charge in [-0.2, -0.15) is 0 Å². The summed E-state index contributed by atoms with van der Waals surface area (Å²) in [6.07, 6.45) is 7.29. The van der Waals surface area contributed by atoms with Gasteiger partial charge in [-0.05, 0) is 83.1 Å². The second-order valence-corrected chi connectivity index (χ2v) is 9.64. The zero-order valence-corrected chi connectivity index (χ0v) is 18.8. The van der Waals surface area contributed by atoms with E-state index in [1.807, 2.05) is 13.8 Å². The third-order valence-electron chi connectivity index (χ3n) is 7.24. The molecule has 2 fully saturated rings. The number of amides is 1. The summed E-state index contributed by atoms with van der Waals surface area (Å²) in [4.78, 5) is 17.9. The fourth-order valence-electron chi connectivity index (χ4n) is 5.58. The van der Waals surface area contributed by atoms with Crippen molar-refractivity contribution < 1.29 is 9.53 Å². The van der Waals surface area contributed by atoms with Gasteiger partial charge in [0.2, 0.25) is 5.91 Å². The molecule has 5 heteroatoms. The molecule has 30 heavy (non-hydrogen) atoms. The Morgan fingerprint density at radius 1 is 1.03 bits per heavy atom. The molecule has 0 bridgehead atoms. The fraction of sp³-hybridized carbons (Fsp3) is 0.720. The van der Waals surface area contributed by atoms with Crippen LogP contribution in [0.2, 0.25) is 0 Å². The highest BCUT2D eigenvalue weighted by Crippen LogP contribution is 2.29. The van der Waals surface area contributed by atoms with Crippen molar-refractivity contribution >= 4 is 5.91 Å². The first-order valence-corrected chi connectivity index (χ1v) is 12.0. The molecule has 1 atom stereocenters. The molecule has 166 valence electrons. The smallest absolute Gasteiger partial charge is 0.224 e. The van der Waals surface area contributed by atoms with Crippen molar-refractivity contribution in [1.82, 2.24) is 15.1 Å². The molecule has 0 spiro atoms. The lowest BCUT2D eigenvalue weighted by Crippen LogP contribution is -2.52. The Hall–Kier alpha value is -1.43. The summed E-state index contributed by atoms with van der Waals surface area (Å²) >= 11 is 0. The highest BCUT2D eigenvalue weighted by molar-refractivity contribution is 5.78. The van der Waals surface area contributed by atoms with Crippen LogP contribution in [0.4, 0.5) is 0 Å². The molecule has 1 aromatic rings. The van der Waals surface area contributed by atoms with Crippen LogP contribution in [-0.2, 0) is 22.4 Å². The molecule has 5 nitrogen and oxygen atoms in total. The Morgan fingerprint density at radius 3 is 2.40 bits per heavy atom. The van der Waals surface area contributed by atoms with Gasteiger partial charge in [-0.1, -0.05) is 24.3 Å². The van der Waals surface area contributed by atoms with E-state index in [0.29, 0.717) is 25.2 Å². The van der Waals surface area contributed by atoms with Gasteiger partial charge in [-0.3, -0.25) is 14.6 Å². The summed E-state index contributed by atoms with van der Waals surface area (Å²) in [5.41, 5.74) is 3.10. The lowest BCUT2D eigenvalue weighted by atomic mass is 9.92. The predicted octanol–water partition coefficient (Wildman–Crippen LogP) is 2.87. The largest absolute Gasteiger partial charge is 0.377 e. The first-order chi connectivity index (χ1) is 14.6. The van der Waals surface area contributed by atoms with Crippen LogP contribution in [0.1, 0.15) is 50.7 Å². The van der Waals surface area contributed by atoms with Gasteiger partial charge in [0.15, 0.2) is 0 Å². The van der Waals surface area contributed by atoms with E-state index in [-0.39, 0.29) is 17.9 Å². The van der Waals surface area contributed by atoms with E-state index in [0.717, 1.165) is 25.9 Å². The van der Waals surface area contributed by atoms with E-state index in [4.69, 9.17) is 4.74 Å². The highest BCUT2D eigenvalue weighted by atomic mass is 16.5. The quantitative estimate of drug-likeness (QED) is 0.698. The number of hydrogen-bond donors (Lipinski definition) is 1. The summed E-state index contributed by atoms with van der Waals surface area (Å²) in [5, 5.41) is 3.09. The Kier molecular flexibility index (Phi) is 7.45. The van der Waals surface area contributed by atoms with E-state index in [1.165, 1.54) is 38.8 Å². The summed E-state index contributed by atoms with van der Waals surface area (Å²) in [6, 6.07) is 10.3. The topological polar surface area (TPSA) is 44.8 Å². The number of rotatable bonds is 7. The number of carbonyl (C=O) groups excluding carboxylic acids is 1. The van der Waals surface area contributed by atoms with E-state index < -0.39 is 0 Å². The average molecular weight is 414 g/mol. The summed E-state index contributed by atoms with van der Waals surface area (Å²) in [5.74, 6) is 0.355. The maximum atomic E-state index is 12.6. The molecule has 3 aliphatic rings. The maximum Gasteiger partial charge on any atom is 0.224 e. The van der Waals surface area contributed by atoms with Crippen LogP contribution in [0.25, 0.3) is 0 Å². The van der Waals surface area contributed by atoms with Crippen molar-refractivity contribution in [2.75, 3.05) is 39.3 Å². The number of carbonyl (C=O) groups is 1. The molecule has 1 amide bonds. The van der Waals surface area contributed by atoms with E-state index in [9.17, 15) is 4.79 Å². The summed E-state index contributed by atoms with van der Waals surface area (Å²) < 4.78 is 5.54. The van der Waals surface area contributed by atoms with Crippen molar-refractivity contribution in [3.8, 4) is 0 Å². The number of nitrogens with one attached hydrogen (secondary N) is 1. The van der Waals surface area contributed by atoms with Crippen molar-refractivity contribution in [3.05, 3.63) is 35.4 Å². The van der Waals surface area contributed by atoms with Crippen LogP contribution in [0.15, 0.2) is 24.3 Å². The third-order valence-corrected chi connectivity index (χ3v) is 7.24. The highest BCUT2D eigenvalue weighted by Gasteiger charge is 2.34. The van der Waals surface area contributed by atoms with Gasteiger partial charge < -0.3 is 10.1 Å². The number of nitrogens with zero attached hydrogens (tertiary/aromatic N) is 2. The van der Waals surface area contributed by atoms with Crippen LogP contribution in [-0.4, -0.2) is 73.2 Å². The normalized spacial score (nSPS) is 24.3. The summed E-state index contributed by atoms with van der Waals surface area (Å²) in [7, 11) is 0. The zero-order chi connectivity index (χ0) is 20.9. The first kappa shape index (κ1) is 21.8. The second-order valence-electron chi connectivity index (χ2n) is 9.64. The van der Waals surface area contributed by atoms with Gasteiger partial charge >= 0.3 is 0 Å². The van der Waals surface area contributed by atoms with E-state index in [2.05, 4.69) is 39.4 Å². The van der Waals surface area contributed by atoms with Crippen molar-refractivity contribution in [2.24, 2.45) is 5.92 Å². The molecule has 0 unspecified atom stereocenters. The number of piperidine rings is 2. The molecule has 1 N–H and O–H groups in total. The van der Waals surface area contributed by atoms with Crippen LogP contribution in [0.5, 0.6) is 0 Å². The molecule has 0 radical (unpaired) electrons. The molecule has 4 rings (SSSR count). The number of hydrogen-bond acceptors (Lipinski definition) is 4. The number of likely N-dealkylation sites (tertiary alicyclic amines) is 2. The minimum Gasteiger partial charge on any atom is -0.377 e. The number of fused-ring (bicyclic) bond motifs is 1. The lowest BCUT2D eigenvalue weighted by Gasteiger charge is -2.43. The summed E-state index contributed by atoms with van der Waals surface area (Å²) in [6.45, 7) is 9.75. The molecule has 0 aromatic heterocycles. The monoisotopic (exact) mass is 413 g/mol. The van der Waals surface area contributed by atoms with Gasteiger partial charge in [-0.15, -0.1) is 0 Å². The minimum atomic E-state index is 0.139. The van der Waals surface area contributed by atoms with Crippen molar-refractivity contribution in [2.45, 2.75) is 70.6 Å². The van der Waals surface area contributed by atoms with Gasteiger partial charge in [0.25, 0.3) is 0 Å². The van der Waals surface area contributed by atoms with Crippen molar-refractivity contribution in [3.63, 3.8) is 0 Å². The van der Waals surface area contributed by atoms with Crippen LogP contribution >= 0.6 is 0 Å². The Bertz CT molecular complexity index is 674. The number of ether oxygens (including phenoxy) is 1. The van der Waals surface area contributed by atoms with Gasteiger partial charge in [0.05, 0.1) is 18.6 Å². The Balaban J connectivity index is 1.20. The van der Waals surface area contributed by atoms with Crippen LogP contribution in [0.3, 0.4) is 0 Å². The first-order valence-electron chi connectivity index (χ1n) is 12.0. The Labute approximate surface area is 182 Å². The SMILES string of the molecule is CC(C)OCCNC(=O)[C@@H]1CCCN(C2CCN(C3Cc4ccccc4C3)CC2)C1. The fourth-order valence-corrected chi connectivity index (χ4v) is 5.58. The minimum absolute atomic E-state index is 0.139.